The molecule has 0 saturated carbocycles. The Bertz CT molecular complexity index is 1270. The normalized spacial score (nSPS) is 11.0. The molecular formula is C23H24N6O3S2. The summed E-state index contributed by atoms with van der Waals surface area (Å²) in [6, 6.07) is 13.6. The molecule has 176 valence electrons. The first kappa shape index (κ1) is 23.7. The minimum atomic E-state index is -0.192. The lowest BCUT2D eigenvalue weighted by atomic mass is 10.0. The van der Waals surface area contributed by atoms with Crippen LogP contribution in [0.4, 0.5) is 5.13 Å². The van der Waals surface area contributed by atoms with E-state index >= 15 is 0 Å². The van der Waals surface area contributed by atoms with Crippen LogP contribution in [0.5, 0.6) is 11.5 Å². The molecule has 4 rings (SSSR count). The molecule has 9 nitrogen and oxygen atoms in total. The van der Waals surface area contributed by atoms with Crippen LogP contribution in [-0.4, -0.2) is 51.1 Å². The van der Waals surface area contributed by atoms with Crippen LogP contribution < -0.4 is 14.8 Å². The molecule has 0 aliphatic rings. The number of tetrazole rings is 1. The Hall–Kier alpha value is -3.44. The van der Waals surface area contributed by atoms with Crippen molar-refractivity contribution in [2.45, 2.75) is 24.9 Å². The Labute approximate surface area is 205 Å². The summed E-state index contributed by atoms with van der Waals surface area (Å²) >= 11 is 2.61. The van der Waals surface area contributed by atoms with Crippen LogP contribution in [0.3, 0.4) is 0 Å². The number of benzene rings is 2. The second-order valence-electron chi connectivity index (χ2n) is 7.56. The Balaban J connectivity index is 1.38. The minimum absolute atomic E-state index is 0.149. The molecule has 0 fully saturated rings. The third-order valence-electron chi connectivity index (χ3n) is 5.01. The third kappa shape index (κ3) is 5.37. The summed E-state index contributed by atoms with van der Waals surface area (Å²) in [5.41, 5.74) is 3.69. The van der Waals surface area contributed by atoms with Crippen molar-refractivity contribution in [3.63, 3.8) is 0 Å². The van der Waals surface area contributed by atoms with E-state index in [0.717, 1.165) is 16.9 Å². The van der Waals surface area contributed by atoms with E-state index < -0.39 is 0 Å². The Morgan fingerprint density at radius 3 is 2.59 bits per heavy atom. The molecule has 2 heterocycles. The average Bonchev–Trinajstić information content (AvgIpc) is 3.52. The predicted molar refractivity (Wildman–Crippen MR) is 133 cm³/mol. The number of ether oxygens (including phenoxy) is 2. The van der Waals surface area contributed by atoms with Crippen molar-refractivity contribution >= 4 is 34.1 Å². The lowest BCUT2D eigenvalue weighted by Gasteiger charge is -2.08. The number of carbonyl (C=O) groups is 1. The fraction of sp³-hybridized carbons (Fsp3) is 0.261. The van der Waals surface area contributed by atoms with Crippen LogP contribution in [0, 0.1) is 0 Å². The molecule has 0 bridgehead atoms. The van der Waals surface area contributed by atoms with Crippen molar-refractivity contribution in [1.29, 1.82) is 0 Å². The average molecular weight is 497 g/mol. The fourth-order valence-electron chi connectivity index (χ4n) is 3.18. The van der Waals surface area contributed by atoms with E-state index in [-0.39, 0.29) is 11.7 Å². The van der Waals surface area contributed by atoms with Gasteiger partial charge in [0.15, 0.2) is 16.6 Å². The molecule has 0 radical (unpaired) electrons. The molecule has 1 amide bonds. The Morgan fingerprint density at radius 1 is 1.12 bits per heavy atom. The quantitative estimate of drug-likeness (QED) is 0.334. The topological polar surface area (TPSA) is 104 Å². The highest BCUT2D eigenvalue weighted by molar-refractivity contribution is 7.99. The molecule has 11 heteroatoms. The number of carbonyl (C=O) groups excluding carboxylic acids is 1. The summed E-state index contributed by atoms with van der Waals surface area (Å²) < 4.78 is 12.3. The maximum absolute atomic E-state index is 12.5. The molecule has 2 aromatic heterocycles. The van der Waals surface area contributed by atoms with Gasteiger partial charge >= 0.3 is 0 Å². The van der Waals surface area contributed by atoms with Gasteiger partial charge in [-0.05, 0) is 52.2 Å². The van der Waals surface area contributed by atoms with E-state index in [1.807, 2.05) is 35.7 Å². The van der Waals surface area contributed by atoms with Crippen LogP contribution in [0.15, 0.2) is 53.0 Å². The summed E-state index contributed by atoms with van der Waals surface area (Å²) in [4.78, 5) is 17.0. The molecule has 0 aliphatic carbocycles. The van der Waals surface area contributed by atoms with Gasteiger partial charge in [0, 0.05) is 10.9 Å². The lowest BCUT2D eigenvalue weighted by Crippen LogP contribution is -2.14. The van der Waals surface area contributed by atoms with E-state index in [2.05, 4.69) is 51.8 Å². The van der Waals surface area contributed by atoms with Gasteiger partial charge in [-0.1, -0.05) is 37.7 Å². The van der Waals surface area contributed by atoms with E-state index in [1.165, 1.54) is 28.7 Å². The standard InChI is InChI=1S/C23H24N6O3S2/c1-14(2)15-5-8-17(9-6-15)29-23(26-27-28-29)34-13-21(30)25-22-24-18(12-33-22)16-7-10-19(31-3)20(11-16)32-4/h5-12,14H,13H2,1-4H3,(H,24,25,30). The van der Waals surface area contributed by atoms with Crippen molar-refractivity contribution in [3.05, 3.63) is 53.4 Å². The summed E-state index contributed by atoms with van der Waals surface area (Å²) in [5, 5.41) is 17.6. The van der Waals surface area contributed by atoms with Crippen LogP contribution >= 0.6 is 23.1 Å². The monoisotopic (exact) mass is 496 g/mol. The van der Waals surface area contributed by atoms with Gasteiger partial charge < -0.3 is 14.8 Å². The minimum Gasteiger partial charge on any atom is -0.493 e. The first-order chi connectivity index (χ1) is 16.5. The van der Waals surface area contributed by atoms with E-state index in [9.17, 15) is 4.79 Å². The van der Waals surface area contributed by atoms with Crippen molar-refractivity contribution in [2.24, 2.45) is 0 Å². The Morgan fingerprint density at radius 2 is 1.88 bits per heavy atom. The van der Waals surface area contributed by atoms with Crippen LogP contribution in [0.25, 0.3) is 16.9 Å². The first-order valence-electron chi connectivity index (χ1n) is 10.5. The molecule has 0 saturated heterocycles. The maximum atomic E-state index is 12.5. The van der Waals surface area contributed by atoms with Crippen LogP contribution in [-0.2, 0) is 4.79 Å². The summed E-state index contributed by atoms with van der Waals surface area (Å²) in [5.74, 6) is 1.66. The van der Waals surface area contributed by atoms with E-state index in [1.54, 1.807) is 18.9 Å². The molecule has 34 heavy (non-hydrogen) atoms. The highest BCUT2D eigenvalue weighted by atomic mass is 32.2. The molecular weight excluding hydrogens is 472 g/mol. The molecule has 0 atom stereocenters. The van der Waals surface area contributed by atoms with Crippen LogP contribution in [0.1, 0.15) is 25.3 Å². The second kappa shape index (κ2) is 10.7. The number of hydrogen-bond donors (Lipinski definition) is 1. The predicted octanol–water partition coefficient (Wildman–Crippen LogP) is 4.66. The highest BCUT2D eigenvalue weighted by Crippen LogP contribution is 2.33. The molecule has 0 spiro atoms. The number of thiazole rings is 1. The van der Waals surface area contributed by atoms with Gasteiger partial charge in [0.25, 0.3) is 0 Å². The van der Waals surface area contributed by atoms with Gasteiger partial charge in [0.05, 0.1) is 31.4 Å². The van der Waals surface area contributed by atoms with Gasteiger partial charge in [-0.3, -0.25) is 4.79 Å². The largest absolute Gasteiger partial charge is 0.493 e. The number of rotatable bonds is 9. The van der Waals surface area contributed by atoms with Crippen molar-refractivity contribution in [2.75, 3.05) is 25.3 Å². The number of aromatic nitrogens is 5. The molecule has 2 aromatic carbocycles. The van der Waals surface area contributed by atoms with Gasteiger partial charge in [0.2, 0.25) is 11.1 Å². The lowest BCUT2D eigenvalue weighted by molar-refractivity contribution is -0.113. The van der Waals surface area contributed by atoms with Crippen molar-refractivity contribution in [1.82, 2.24) is 25.2 Å². The smallest absolute Gasteiger partial charge is 0.236 e. The SMILES string of the molecule is COc1ccc(-c2csc(NC(=O)CSc3nnnn3-c3ccc(C(C)C)cc3)n2)cc1OC. The zero-order chi connectivity index (χ0) is 24.1. The maximum Gasteiger partial charge on any atom is 0.236 e. The molecule has 0 unspecified atom stereocenters. The zero-order valence-corrected chi connectivity index (χ0v) is 20.8. The van der Waals surface area contributed by atoms with Gasteiger partial charge in [-0.15, -0.1) is 16.4 Å². The molecule has 0 aliphatic heterocycles. The zero-order valence-electron chi connectivity index (χ0n) is 19.2. The van der Waals surface area contributed by atoms with Gasteiger partial charge in [0.1, 0.15) is 0 Å². The number of anilines is 1. The molecule has 1 N–H and O–H groups in total. The number of amides is 1. The third-order valence-corrected chi connectivity index (χ3v) is 6.68. The number of nitrogens with one attached hydrogen (secondary N) is 1. The van der Waals surface area contributed by atoms with E-state index in [4.69, 9.17) is 9.47 Å². The van der Waals surface area contributed by atoms with Gasteiger partial charge in [-0.2, -0.15) is 4.68 Å². The van der Waals surface area contributed by atoms with Crippen molar-refractivity contribution < 1.29 is 14.3 Å². The number of hydrogen-bond acceptors (Lipinski definition) is 9. The summed E-state index contributed by atoms with van der Waals surface area (Å²) in [7, 11) is 3.18. The van der Waals surface area contributed by atoms with Crippen molar-refractivity contribution in [3.8, 4) is 28.4 Å². The number of methoxy groups -OCH3 is 2. The number of nitrogens with zero attached hydrogens (tertiary/aromatic N) is 5. The van der Waals surface area contributed by atoms with Crippen LogP contribution in [0.2, 0.25) is 0 Å². The first-order valence-corrected chi connectivity index (χ1v) is 12.3. The molecule has 4 aromatic rings. The van der Waals surface area contributed by atoms with E-state index in [0.29, 0.717) is 27.7 Å². The fourth-order valence-corrected chi connectivity index (χ4v) is 4.60. The van der Waals surface area contributed by atoms with Gasteiger partial charge in [-0.25, -0.2) is 4.98 Å². The number of thioether (sulfide) groups is 1. The highest BCUT2D eigenvalue weighted by Gasteiger charge is 2.14. The Kier molecular flexibility index (Phi) is 7.43. The summed E-state index contributed by atoms with van der Waals surface area (Å²) in [6.07, 6.45) is 0. The summed E-state index contributed by atoms with van der Waals surface area (Å²) in [6.45, 7) is 4.29. The second-order valence-corrected chi connectivity index (χ2v) is 9.36.